The highest BCUT2D eigenvalue weighted by molar-refractivity contribution is 6.08. The average molecular weight is 499 g/mol. The summed E-state index contributed by atoms with van der Waals surface area (Å²) in [4.78, 5) is 19.3. The van der Waals surface area contributed by atoms with Gasteiger partial charge in [-0.2, -0.15) is 5.10 Å². The van der Waals surface area contributed by atoms with Gasteiger partial charge < -0.3 is 18.7 Å². The number of hydrogen-bond acceptors (Lipinski definition) is 7. The summed E-state index contributed by atoms with van der Waals surface area (Å²) in [5, 5.41) is 9.40. The molecule has 1 unspecified atom stereocenters. The van der Waals surface area contributed by atoms with Crippen molar-refractivity contribution in [1.29, 1.82) is 0 Å². The molecule has 2 fully saturated rings. The van der Waals surface area contributed by atoms with Gasteiger partial charge in [-0.3, -0.25) is 4.79 Å². The zero-order valence-electron chi connectivity index (χ0n) is 20.0. The number of imidazole rings is 1. The number of rotatable bonds is 3. The molecule has 4 aromatic rings. The second-order valence-corrected chi connectivity index (χ2v) is 10.00. The van der Waals surface area contributed by atoms with E-state index in [1.54, 1.807) is 24.7 Å². The molecule has 0 saturated carbocycles. The van der Waals surface area contributed by atoms with Crippen LogP contribution < -0.4 is 5.43 Å². The van der Waals surface area contributed by atoms with E-state index in [1.165, 1.54) is 12.1 Å². The van der Waals surface area contributed by atoms with Crippen LogP contribution in [0.3, 0.4) is 0 Å². The van der Waals surface area contributed by atoms with Crippen LogP contribution in [0.15, 0.2) is 70.3 Å². The van der Waals surface area contributed by atoms with Crippen LogP contribution in [0.1, 0.15) is 29.3 Å². The standard InChI is InChI=1S/C27H23FN6O3/c1-16-11-33(15-29-16)22-7-4-18(21-10-30-37-24(21)22)8-19-9-27(13-36-14-27)12-34-23(26(35)32-31-25(19)34)17-2-5-20(28)6-3-17/h2-8,10-11,15,23H,9,12-14H2,1H3,(H,32,35)/b19-8+. The highest BCUT2D eigenvalue weighted by Gasteiger charge is 2.50. The lowest BCUT2D eigenvalue weighted by atomic mass is 9.74. The molecule has 0 radical (unpaired) electrons. The first-order valence-electron chi connectivity index (χ1n) is 12.1. The van der Waals surface area contributed by atoms with Gasteiger partial charge >= 0.3 is 0 Å². The number of hydrazone groups is 1. The molecule has 0 bridgehead atoms. The summed E-state index contributed by atoms with van der Waals surface area (Å²) in [5.74, 6) is 0.114. The van der Waals surface area contributed by atoms with Gasteiger partial charge in [-0.05, 0) is 54.3 Å². The maximum absolute atomic E-state index is 13.6. The predicted octanol–water partition coefficient (Wildman–Crippen LogP) is 3.75. The Balaban J connectivity index is 1.33. The van der Waals surface area contributed by atoms with Gasteiger partial charge in [-0.1, -0.05) is 23.4 Å². The van der Waals surface area contributed by atoms with Gasteiger partial charge in [-0.25, -0.2) is 14.8 Å². The number of amidine groups is 1. The van der Waals surface area contributed by atoms with Gasteiger partial charge in [0.1, 0.15) is 11.9 Å². The minimum atomic E-state index is -0.614. The average Bonchev–Trinajstić information content (AvgIpc) is 3.53. The molecule has 0 aliphatic carbocycles. The number of benzene rings is 2. The van der Waals surface area contributed by atoms with Gasteiger partial charge in [0.15, 0.2) is 11.4 Å². The molecule has 186 valence electrons. The minimum Gasteiger partial charge on any atom is -0.380 e. The van der Waals surface area contributed by atoms with E-state index in [2.05, 4.69) is 26.7 Å². The topological polar surface area (TPSA) is 97.8 Å². The van der Waals surface area contributed by atoms with Crippen LogP contribution in [0.4, 0.5) is 4.39 Å². The zero-order chi connectivity index (χ0) is 25.1. The molecule has 2 aromatic heterocycles. The number of ether oxygens (including phenoxy) is 1. The van der Waals surface area contributed by atoms with Crippen molar-refractivity contribution in [3.05, 3.63) is 83.3 Å². The summed E-state index contributed by atoms with van der Waals surface area (Å²) in [6.07, 6.45) is 8.24. The first-order chi connectivity index (χ1) is 18.0. The Hall–Kier alpha value is -4.31. The van der Waals surface area contributed by atoms with E-state index in [0.29, 0.717) is 36.7 Å². The van der Waals surface area contributed by atoms with Crippen LogP contribution in [-0.2, 0) is 9.53 Å². The fraction of sp³-hybridized carbons (Fsp3) is 0.259. The molecule has 2 aromatic carbocycles. The van der Waals surface area contributed by atoms with Crippen LogP contribution >= 0.6 is 0 Å². The number of nitrogens with one attached hydrogen (secondary N) is 1. The molecular formula is C27H23FN6O3. The van der Waals surface area contributed by atoms with Crippen molar-refractivity contribution in [2.45, 2.75) is 19.4 Å². The summed E-state index contributed by atoms with van der Waals surface area (Å²) in [5.41, 5.74) is 7.60. The van der Waals surface area contributed by atoms with Gasteiger partial charge in [0.2, 0.25) is 0 Å². The van der Waals surface area contributed by atoms with Crippen molar-refractivity contribution in [3.8, 4) is 5.69 Å². The number of amides is 1. The molecule has 9 nitrogen and oxygen atoms in total. The lowest BCUT2D eigenvalue weighted by Crippen LogP contribution is -2.61. The Morgan fingerprint density at radius 2 is 2.03 bits per heavy atom. The minimum absolute atomic E-state index is 0.122. The lowest BCUT2D eigenvalue weighted by Gasteiger charge is -2.52. The fourth-order valence-electron chi connectivity index (χ4n) is 5.53. The normalized spacial score (nSPS) is 21.6. The van der Waals surface area contributed by atoms with Crippen molar-refractivity contribution in [1.82, 2.24) is 25.0 Å². The molecule has 1 spiro atoms. The number of piperidine rings is 1. The summed E-state index contributed by atoms with van der Waals surface area (Å²) in [7, 11) is 0. The maximum Gasteiger partial charge on any atom is 0.267 e. The number of aryl methyl sites for hydroxylation is 1. The summed E-state index contributed by atoms with van der Waals surface area (Å²) in [6, 6.07) is 9.46. The van der Waals surface area contributed by atoms with E-state index >= 15 is 0 Å². The molecule has 1 atom stereocenters. The third-order valence-electron chi connectivity index (χ3n) is 7.32. The van der Waals surface area contributed by atoms with E-state index < -0.39 is 6.04 Å². The molecular weight excluding hydrogens is 475 g/mol. The second kappa shape index (κ2) is 8.10. The Morgan fingerprint density at radius 1 is 1.19 bits per heavy atom. The summed E-state index contributed by atoms with van der Waals surface area (Å²) < 4.78 is 26.8. The third kappa shape index (κ3) is 3.55. The van der Waals surface area contributed by atoms with Crippen LogP contribution in [0.25, 0.3) is 22.7 Å². The lowest BCUT2D eigenvalue weighted by molar-refractivity contribution is -0.138. The van der Waals surface area contributed by atoms with Crippen molar-refractivity contribution in [2.75, 3.05) is 19.8 Å². The van der Waals surface area contributed by atoms with E-state index in [1.807, 2.05) is 34.7 Å². The molecule has 7 rings (SSSR count). The van der Waals surface area contributed by atoms with E-state index in [4.69, 9.17) is 9.26 Å². The van der Waals surface area contributed by atoms with E-state index in [9.17, 15) is 9.18 Å². The van der Waals surface area contributed by atoms with Crippen molar-refractivity contribution in [2.24, 2.45) is 10.5 Å². The Morgan fingerprint density at radius 3 is 2.76 bits per heavy atom. The second-order valence-electron chi connectivity index (χ2n) is 10.00. The first kappa shape index (κ1) is 21.9. The number of aromatic nitrogens is 3. The number of nitrogens with zero attached hydrogens (tertiary/aromatic N) is 5. The Labute approximate surface area is 211 Å². The summed E-state index contributed by atoms with van der Waals surface area (Å²) in [6.45, 7) is 3.77. The van der Waals surface area contributed by atoms with Crippen molar-refractivity contribution < 1.29 is 18.4 Å². The maximum atomic E-state index is 13.6. The van der Waals surface area contributed by atoms with Crippen LogP contribution in [0, 0.1) is 18.2 Å². The third-order valence-corrected chi connectivity index (χ3v) is 7.32. The van der Waals surface area contributed by atoms with Gasteiger partial charge in [-0.15, -0.1) is 0 Å². The zero-order valence-corrected chi connectivity index (χ0v) is 20.0. The highest BCUT2D eigenvalue weighted by Crippen LogP contribution is 2.44. The molecule has 2 saturated heterocycles. The molecule has 1 N–H and O–H groups in total. The SMILES string of the molecule is Cc1cn(-c2ccc(/C=C3\CC4(COC4)CN4C3=NNC(=O)C4c3ccc(F)cc3)c3cnoc23)cn1. The molecule has 1 amide bonds. The Kier molecular flexibility index (Phi) is 4.80. The van der Waals surface area contributed by atoms with Gasteiger partial charge in [0, 0.05) is 18.2 Å². The van der Waals surface area contributed by atoms with Crippen LogP contribution in [0.2, 0.25) is 0 Å². The molecule has 3 aliphatic rings. The first-order valence-corrected chi connectivity index (χ1v) is 12.1. The fourth-order valence-corrected chi connectivity index (χ4v) is 5.53. The number of carbonyl (C=O) groups excluding carboxylic acids is 1. The van der Waals surface area contributed by atoms with Gasteiger partial charge in [0.05, 0.1) is 42.5 Å². The van der Waals surface area contributed by atoms with Gasteiger partial charge in [0.25, 0.3) is 5.91 Å². The quantitative estimate of drug-likeness (QED) is 0.462. The largest absolute Gasteiger partial charge is 0.380 e. The molecule has 10 heteroatoms. The summed E-state index contributed by atoms with van der Waals surface area (Å²) >= 11 is 0. The van der Waals surface area contributed by atoms with Crippen LogP contribution in [0.5, 0.6) is 0 Å². The smallest absolute Gasteiger partial charge is 0.267 e. The van der Waals surface area contributed by atoms with Crippen LogP contribution in [-0.4, -0.2) is 51.1 Å². The monoisotopic (exact) mass is 498 g/mol. The number of halogens is 1. The molecule has 37 heavy (non-hydrogen) atoms. The van der Waals surface area contributed by atoms with Crippen molar-refractivity contribution in [3.63, 3.8) is 0 Å². The predicted molar refractivity (Wildman–Crippen MR) is 133 cm³/mol. The highest BCUT2D eigenvalue weighted by atomic mass is 19.1. The number of hydrogen-bond donors (Lipinski definition) is 1. The van der Waals surface area contributed by atoms with E-state index in [0.717, 1.165) is 34.3 Å². The number of fused-ring (bicyclic) bond motifs is 2. The van der Waals surface area contributed by atoms with E-state index in [-0.39, 0.29) is 17.1 Å². The Bertz CT molecular complexity index is 1600. The molecule has 5 heterocycles. The molecule has 3 aliphatic heterocycles. The van der Waals surface area contributed by atoms with Crippen molar-refractivity contribution >= 4 is 28.8 Å². The number of carbonyl (C=O) groups is 1.